The highest BCUT2D eigenvalue weighted by Gasteiger charge is 2.36. The topological polar surface area (TPSA) is 101 Å². The van der Waals surface area contributed by atoms with Crippen LogP contribution in [0.3, 0.4) is 0 Å². The smallest absolute Gasteiger partial charge is 0.414 e. The number of rotatable bonds is 3. The summed E-state index contributed by atoms with van der Waals surface area (Å²) in [5.74, 6) is -3.65. The molecular formula is C9H17NO4. The second-order valence-corrected chi connectivity index (χ2v) is 3.58. The molecule has 0 bridgehead atoms. The van der Waals surface area contributed by atoms with Crippen molar-refractivity contribution in [2.24, 2.45) is 5.73 Å². The van der Waals surface area contributed by atoms with E-state index in [1.54, 1.807) is 0 Å². The molecule has 1 fully saturated rings. The van der Waals surface area contributed by atoms with Crippen LogP contribution in [0.2, 0.25) is 0 Å². The van der Waals surface area contributed by atoms with Crippen LogP contribution in [0.1, 0.15) is 39.0 Å². The Kier molecular flexibility index (Phi) is 5.15. The molecule has 0 aromatic rings. The van der Waals surface area contributed by atoms with Gasteiger partial charge in [0.15, 0.2) is 0 Å². The third-order valence-corrected chi connectivity index (χ3v) is 2.10. The summed E-state index contributed by atoms with van der Waals surface area (Å²) >= 11 is 0. The lowest BCUT2D eigenvalue weighted by Gasteiger charge is -2.04. The molecule has 5 nitrogen and oxygen atoms in total. The maximum absolute atomic E-state index is 9.10. The monoisotopic (exact) mass is 203 g/mol. The zero-order valence-electron chi connectivity index (χ0n) is 8.32. The van der Waals surface area contributed by atoms with Crippen LogP contribution in [-0.2, 0) is 9.59 Å². The van der Waals surface area contributed by atoms with Crippen LogP contribution in [0.5, 0.6) is 0 Å². The van der Waals surface area contributed by atoms with E-state index in [4.69, 9.17) is 25.5 Å². The molecule has 4 N–H and O–H groups in total. The quantitative estimate of drug-likeness (QED) is 0.589. The average molecular weight is 203 g/mol. The van der Waals surface area contributed by atoms with E-state index in [1.165, 1.54) is 32.1 Å². The molecule has 82 valence electrons. The summed E-state index contributed by atoms with van der Waals surface area (Å²) in [4.78, 5) is 18.2. The highest BCUT2D eigenvalue weighted by Crippen LogP contribution is 2.36. The van der Waals surface area contributed by atoms with Crippen LogP contribution in [0.15, 0.2) is 0 Å². The first-order valence-electron chi connectivity index (χ1n) is 4.66. The fourth-order valence-corrected chi connectivity index (χ4v) is 0.939. The summed E-state index contributed by atoms with van der Waals surface area (Å²) in [6.45, 7) is 2.21. The number of carboxylic acids is 2. The third kappa shape index (κ3) is 6.42. The molecule has 1 saturated carbocycles. The fraction of sp³-hybridized carbons (Fsp3) is 0.778. The number of hydrogen-bond donors (Lipinski definition) is 3. The highest BCUT2D eigenvalue weighted by atomic mass is 16.4. The standard InChI is InChI=1S/C7H15N.C2H2O4/c1-2-3-4-7(8)5-6-7;3-1(4)2(5)6/h2-6,8H2,1H3;(H,3,4)(H,5,6). The van der Waals surface area contributed by atoms with Gasteiger partial charge < -0.3 is 15.9 Å². The number of nitrogens with two attached hydrogens (primary N) is 1. The summed E-state index contributed by atoms with van der Waals surface area (Å²) in [5.41, 5.74) is 6.13. The van der Waals surface area contributed by atoms with Crippen LogP contribution in [0.25, 0.3) is 0 Å². The van der Waals surface area contributed by atoms with E-state index in [-0.39, 0.29) is 0 Å². The molecule has 1 rings (SSSR count). The zero-order chi connectivity index (χ0) is 11.2. The predicted molar refractivity (Wildman–Crippen MR) is 50.9 cm³/mol. The lowest BCUT2D eigenvalue weighted by molar-refractivity contribution is -0.159. The molecule has 0 aromatic carbocycles. The molecule has 0 amide bonds. The molecule has 0 aromatic heterocycles. The van der Waals surface area contributed by atoms with Crippen LogP contribution in [0.4, 0.5) is 0 Å². The van der Waals surface area contributed by atoms with Gasteiger partial charge in [-0.25, -0.2) is 9.59 Å². The SMILES string of the molecule is CCCCC1(N)CC1.O=C(O)C(=O)O. The van der Waals surface area contributed by atoms with Crippen molar-refractivity contribution in [3.8, 4) is 0 Å². The summed E-state index contributed by atoms with van der Waals surface area (Å²) in [6, 6.07) is 0. The minimum Gasteiger partial charge on any atom is -0.473 e. The minimum absolute atomic E-state index is 0.302. The third-order valence-electron chi connectivity index (χ3n) is 2.10. The van der Waals surface area contributed by atoms with Gasteiger partial charge in [-0.2, -0.15) is 0 Å². The molecule has 1 aliphatic rings. The van der Waals surface area contributed by atoms with Gasteiger partial charge in [0.2, 0.25) is 0 Å². The van der Waals surface area contributed by atoms with Crippen LogP contribution >= 0.6 is 0 Å². The van der Waals surface area contributed by atoms with Crippen LogP contribution < -0.4 is 5.73 Å². The Morgan fingerprint density at radius 2 is 1.71 bits per heavy atom. The Morgan fingerprint density at radius 1 is 1.29 bits per heavy atom. The second-order valence-electron chi connectivity index (χ2n) is 3.58. The Bertz CT molecular complexity index is 199. The van der Waals surface area contributed by atoms with E-state index in [2.05, 4.69) is 6.92 Å². The maximum atomic E-state index is 9.10. The first-order valence-corrected chi connectivity index (χ1v) is 4.66. The Hall–Kier alpha value is -1.10. The van der Waals surface area contributed by atoms with Crippen molar-refractivity contribution in [2.75, 3.05) is 0 Å². The first kappa shape index (κ1) is 12.9. The van der Waals surface area contributed by atoms with E-state index in [0.29, 0.717) is 5.54 Å². The van der Waals surface area contributed by atoms with Gasteiger partial charge in [-0.3, -0.25) is 0 Å². The van der Waals surface area contributed by atoms with E-state index >= 15 is 0 Å². The van der Waals surface area contributed by atoms with Crippen molar-refractivity contribution in [1.29, 1.82) is 0 Å². The molecule has 0 radical (unpaired) electrons. The van der Waals surface area contributed by atoms with Crippen LogP contribution in [0, 0.1) is 0 Å². The van der Waals surface area contributed by atoms with Gasteiger partial charge in [0.1, 0.15) is 0 Å². The summed E-state index contributed by atoms with van der Waals surface area (Å²) in [7, 11) is 0. The van der Waals surface area contributed by atoms with E-state index < -0.39 is 11.9 Å². The Labute approximate surface area is 82.9 Å². The number of unbranched alkanes of at least 4 members (excludes halogenated alkanes) is 1. The molecular weight excluding hydrogens is 186 g/mol. The van der Waals surface area contributed by atoms with Crippen molar-refractivity contribution in [2.45, 2.75) is 44.6 Å². The van der Waals surface area contributed by atoms with Crippen molar-refractivity contribution >= 4 is 11.9 Å². The van der Waals surface area contributed by atoms with E-state index in [0.717, 1.165) is 0 Å². The first-order chi connectivity index (χ1) is 6.41. The number of carboxylic acid groups (broad SMARTS) is 2. The predicted octanol–water partition coefficient (Wildman–Crippen LogP) is 0.823. The average Bonchev–Trinajstić information content (AvgIpc) is 2.82. The van der Waals surface area contributed by atoms with Crippen molar-refractivity contribution in [3.05, 3.63) is 0 Å². The molecule has 5 heteroatoms. The fourth-order valence-electron chi connectivity index (χ4n) is 0.939. The van der Waals surface area contributed by atoms with Gasteiger partial charge >= 0.3 is 11.9 Å². The minimum atomic E-state index is -1.82. The summed E-state index contributed by atoms with van der Waals surface area (Å²) in [5, 5.41) is 14.8. The van der Waals surface area contributed by atoms with E-state index in [1.807, 2.05) is 0 Å². The Balaban J connectivity index is 0.000000255. The maximum Gasteiger partial charge on any atom is 0.414 e. The molecule has 0 unspecified atom stereocenters. The van der Waals surface area contributed by atoms with Gasteiger partial charge in [-0.15, -0.1) is 0 Å². The van der Waals surface area contributed by atoms with Crippen molar-refractivity contribution in [1.82, 2.24) is 0 Å². The van der Waals surface area contributed by atoms with E-state index in [9.17, 15) is 0 Å². The van der Waals surface area contributed by atoms with Crippen molar-refractivity contribution in [3.63, 3.8) is 0 Å². The van der Waals surface area contributed by atoms with Crippen LogP contribution in [-0.4, -0.2) is 27.7 Å². The largest absolute Gasteiger partial charge is 0.473 e. The van der Waals surface area contributed by atoms with Gasteiger partial charge in [0, 0.05) is 5.54 Å². The second kappa shape index (κ2) is 5.59. The number of hydrogen-bond acceptors (Lipinski definition) is 3. The lowest BCUT2D eigenvalue weighted by atomic mass is 10.1. The lowest BCUT2D eigenvalue weighted by Crippen LogP contribution is -2.20. The summed E-state index contributed by atoms with van der Waals surface area (Å²) in [6.07, 6.45) is 6.40. The highest BCUT2D eigenvalue weighted by molar-refractivity contribution is 6.27. The van der Waals surface area contributed by atoms with Gasteiger partial charge in [0.05, 0.1) is 0 Å². The Morgan fingerprint density at radius 3 is 1.93 bits per heavy atom. The molecule has 0 spiro atoms. The molecule has 0 atom stereocenters. The van der Waals surface area contributed by atoms with Gasteiger partial charge in [-0.05, 0) is 19.3 Å². The van der Waals surface area contributed by atoms with Gasteiger partial charge in [0.25, 0.3) is 0 Å². The summed E-state index contributed by atoms with van der Waals surface area (Å²) < 4.78 is 0. The molecule has 0 aliphatic heterocycles. The van der Waals surface area contributed by atoms with Gasteiger partial charge in [-0.1, -0.05) is 19.8 Å². The number of carbonyl (C=O) groups is 2. The number of aliphatic carboxylic acids is 2. The zero-order valence-corrected chi connectivity index (χ0v) is 8.32. The normalized spacial score (nSPS) is 16.4. The molecule has 1 aliphatic carbocycles. The van der Waals surface area contributed by atoms with Crippen molar-refractivity contribution < 1.29 is 19.8 Å². The molecule has 14 heavy (non-hydrogen) atoms. The molecule has 0 heterocycles. The molecule has 0 saturated heterocycles.